The van der Waals surface area contributed by atoms with E-state index in [0.29, 0.717) is 17.0 Å². The van der Waals surface area contributed by atoms with Crippen LogP contribution in [0.2, 0.25) is 0 Å². The summed E-state index contributed by atoms with van der Waals surface area (Å²) in [5.74, 6) is 0.147. The summed E-state index contributed by atoms with van der Waals surface area (Å²) in [5, 5.41) is 5.23. The fraction of sp³-hybridized carbons (Fsp3) is 0.118. The number of rotatable bonds is 3. The molecule has 1 N–H and O–H groups in total. The molecule has 0 aliphatic heterocycles. The Kier molecular flexibility index (Phi) is 3.80. The highest BCUT2D eigenvalue weighted by atomic mass is 79.9. The monoisotopic (exact) mass is 343 g/mol. The Morgan fingerprint density at radius 2 is 1.95 bits per heavy atom. The molecule has 0 saturated carbocycles. The second-order valence-corrected chi connectivity index (χ2v) is 5.67. The van der Waals surface area contributed by atoms with Crippen molar-refractivity contribution >= 4 is 32.6 Å². The minimum Gasteiger partial charge on any atom is -0.444 e. The average molecular weight is 344 g/mol. The van der Waals surface area contributed by atoms with Crippen LogP contribution < -0.4 is 5.32 Å². The van der Waals surface area contributed by atoms with Crippen molar-refractivity contribution in [3.63, 3.8) is 0 Å². The summed E-state index contributed by atoms with van der Waals surface area (Å²) < 4.78 is 5.92. The third-order valence-corrected chi connectivity index (χ3v) is 3.80. The van der Waals surface area contributed by atoms with Gasteiger partial charge in [0, 0.05) is 12.1 Å². The molecule has 0 fully saturated rings. The van der Waals surface area contributed by atoms with Crippen LogP contribution in [0.3, 0.4) is 0 Å². The standard InChI is InChI=1S/C17H14BrNO2/c1-11-9-15(18)21-16(11)17(20)19-10-13-7-4-6-12-5-2-3-8-14(12)13/h2-9H,10H2,1H3,(H,19,20). The lowest BCUT2D eigenvalue weighted by Crippen LogP contribution is -2.23. The maximum Gasteiger partial charge on any atom is 0.287 e. The van der Waals surface area contributed by atoms with E-state index in [9.17, 15) is 4.79 Å². The van der Waals surface area contributed by atoms with Gasteiger partial charge in [0.25, 0.3) is 5.91 Å². The van der Waals surface area contributed by atoms with Gasteiger partial charge in [-0.2, -0.15) is 0 Å². The fourth-order valence-corrected chi connectivity index (χ4v) is 2.88. The van der Waals surface area contributed by atoms with Crippen molar-refractivity contribution in [2.24, 2.45) is 0 Å². The number of furan rings is 1. The lowest BCUT2D eigenvalue weighted by atomic mass is 10.0. The molecule has 3 rings (SSSR count). The molecule has 0 spiro atoms. The third-order valence-electron chi connectivity index (χ3n) is 3.41. The molecule has 0 aliphatic carbocycles. The van der Waals surface area contributed by atoms with Gasteiger partial charge in [0.05, 0.1) is 0 Å². The summed E-state index contributed by atoms with van der Waals surface area (Å²) in [6.07, 6.45) is 0. The molecule has 1 heterocycles. The van der Waals surface area contributed by atoms with Crippen molar-refractivity contribution < 1.29 is 9.21 Å². The number of amides is 1. The first-order valence-corrected chi connectivity index (χ1v) is 7.45. The van der Waals surface area contributed by atoms with Gasteiger partial charge < -0.3 is 9.73 Å². The lowest BCUT2D eigenvalue weighted by Gasteiger charge is -2.08. The van der Waals surface area contributed by atoms with Crippen LogP contribution >= 0.6 is 15.9 Å². The van der Waals surface area contributed by atoms with Crippen LogP contribution in [0.15, 0.2) is 57.6 Å². The highest BCUT2D eigenvalue weighted by Gasteiger charge is 2.14. The summed E-state index contributed by atoms with van der Waals surface area (Å²) in [4.78, 5) is 12.2. The van der Waals surface area contributed by atoms with Crippen molar-refractivity contribution in [1.82, 2.24) is 5.32 Å². The Balaban J connectivity index is 1.81. The third kappa shape index (κ3) is 2.85. The Morgan fingerprint density at radius 3 is 2.71 bits per heavy atom. The van der Waals surface area contributed by atoms with Gasteiger partial charge in [-0.25, -0.2) is 0 Å². The Bertz CT molecular complexity index is 802. The summed E-state index contributed by atoms with van der Waals surface area (Å²) in [7, 11) is 0. The second kappa shape index (κ2) is 5.74. The van der Waals surface area contributed by atoms with E-state index >= 15 is 0 Å². The molecule has 3 aromatic rings. The van der Waals surface area contributed by atoms with Gasteiger partial charge in [-0.1, -0.05) is 42.5 Å². The molecule has 0 radical (unpaired) electrons. The van der Waals surface area contributed by atoms with Crippen LogP contribution in [-0.2, 0) is 6.54 Å². The molecule has 0 saturated heterocycles. The zero-order valence-electron chi connectivity index (χ0n) is 11.5. The normalized spacial score (nSPS) is 10.8. The van der Waals surface area contributed by atoms with E-state index in [-0.39, 0.29) is 5.91 Å². The van der Waals surface area contributed by atoms with Crippen LogP contribution in [0.5, 0.6) is 0 Å². The highest BCUT2D eigenvalue weighted by molar-refractivity contribution is 9.10. The van der Waals surface area contributed by atoms with Gasteiger partial charge in [-0.3, -0.25) is 4.79 Å². The van der Waals surface area contributed by atoms with Gasteiger partial charge in [-0.05, 0) is 45.3 Å². The zero-order valence-corrected chi connectivity index (χ0v) is 13.1. The molecule has 2 aromatic carbocycles. The maximum absolute atomic E-state index is 12.2. The number of carbonyl (C=O) groups excluding carboxylic acids is 1. The number of nitrogens with one attached hydrogen (secondary N) is 1. The Morgan fingerprint density at radius 1 is 1.19 bits per heavy atom. The molecular weight excluding hydrogens is 330 g/mol. The number of hydrogen-bond acceptors (Lipinski definition) is 2. The van der Waals surface area contributed by atoms with Crippen LogP contribution in [-0.4, -0.2) is 5.91 Å². The lowest BCUT2D eigenvalue weighted by molar-refractivity contribution is 0.0921. The molecular formula is C17H14BrNO2. The number of aryl methyl sites for hydroxylation is 1. The van der Waals surface area contributed by atoms with Crippen molar-refractivity contribution in [1.29, 1.82) is 0 Å². The topological polar surface area (TPSA) is 42.2 Å². The van der Waals surface area contributed by atoms with Crippen molar-refractivity contribution in [3.05, 3.63) is 70.1 Å². The van der Waals surface area contributed by atoms with Gasteiger partial charge in [0.15, 0.2) is 10.4 Å². The average Bonchev–Trinajstić information content (AvgIpc) is 2.83. The Labute approximate surface area is 131 Å². The van der Waals surface area contributed by atoms with E-state index in [0.717, 1.165) is 16.5 Å². The molecule has 106 valence electrons. The second-order valence-electron chi connectivity index (χ2n) is 4.88. The molecule has 4 heteroatoms. The molecule has 21 heavy (non-hydrogen) atoms. The molecule has 3 nitrogen and oxygen atoms in total. The van der Waals surface area contributed by atoms with Crippen molar-refractivity contribution in [2.45, 2.75) is 13.5 Å². The van der Waals surface area contributed by atoms with Gasteiger partial charge in [0.1, 0.15) is 0 Å². The molecule has 0 unspecified atom stereocenters. The van der Waals surface area contributed by atoms with Crippen LogP contribution in [0.25, 0.3) is 10.8 Å². The predicted octanol–water partition coefficient (Wildman–Crippen LogP) is 4.43. The van der Waals surface area contributed by atoms with E-state index in [1.807, 2.05) is 31.2 Å². The maximum atomic E-state index is 12.2. The van der Waals surface area contributed by atoms with E-state index in [2.05, 4.69) is 39.4 Å². The number of fused-ring (bicyclic) bond motifs is 1. The summed E-state index contributed by atoms with van der Waals surface area (Å²) in [6, 6.07) is 16.0. The first-order chi connectivity index (χ1) is 10.1. The van der Waals surface area contributed by atoms with Gasteiger partial charge in [-0.15, -0.1) is 0 Å². The van der Waals surface area contributed by atoms with E-state index in [4.69, 9.17) is 4.42 Å². The van der Waals surface area contributed by atoms with Crippen molar-refractivity contribution in [2.75, 3.05) is 0 Å². The molecule has 1 aromatic heterocycles. The van der Waals surface area contributed by atoms with E-state index in [1.165, 1.54) is 5.39 Å². The van der Waals surface area contributed by atoms with Gasteiger partial charge >= 0.3 is 0 Å². The molecule has 0 aliphatic rings. The zero-order chi connectivity index (χ0) is 14.8. The van der Waals surface area contributed by atoms with Crippen molar-refractivity contribution in [3.8, 4) is 0 Å². The van der Waals surface area contributed by atoms with E-state index in [1.54, 1.807) is 6.07 Å². The Hall–Kier alpha value is -2.07. The largest absolute Gasteiger partial charge is 0.444 e. The van der Waals surface area contributed by atoms with Crippen LogP contribution in [0.4, 0.5) is 0 Å². The minimum atomic E-state index is -0.203. The number of hydrogen-bond donors (Lipinski definition) is 1. The fourth-order valence-electron chi connectivity index (χ4n) is 2.37. The number of benzene rings is 2. The molecule has 0 bridgehead atoms. The summed E-state index contributed by atoms with van der Waals surface area (Å²) in [5.41, 5.74) is 1.90. The first kappa shape index (κ1) is 13.9. The van der Waals surface area contributed by atoms with Gasteiger partial charge in [0.2, 0.25) is 0 Å². The SMILES string of the molecule is Cc1cc(Br)oc1C(=O)NCc1cccc2ccccc12. The first-order valence-electron chi connectivity index (χ1n) is 6.66. The molecule has 0 atom stereocenters. The van der Waals surface area contributed by atoms with Crippen LogP contribution in [0.1, 0.15) is 21.7 Å². The predicted molar refractivity (Wildman–Crippen MR) is 86.3 cm³/mol. The molecule has 1 amide bonds. The smallest absolute Gasteiger partial charge is 0.287 e. The van der Waals surface area contributed by atoms with Crippen LogP contribution in [0, 0.1) is 6.92 Å². The van der Waals surface area contributed by atoms with E-state index < -0.39 is 0 Å². The number of halogens is 1. The summed E-state index contributed by atoms with van der Waals surface area (Å²) in [6.45, 7) is 2.32. The minimum absolute atomic E-state index is 0.203. The highest BCUT2D eigenvalue weighted by Crippen LogP contribution is 2.21. The quantitative estimate of drug-likeness (QED) is 0.764. The number of carbonyl (C=O) groups is 1. The summed E-state index contributed by atoms with van der Waals surface area (Å²) >= 11 is 3.23.